The third-order valence-corrected chi connectivity index (χ3v) is 2.54. The van der Waals surface area contributed by atoms with E-state index < -0.39 is 0 Å². The standard InChI is InChI=1S/C9H20N2.C5H12/c1-9(2,3)11-6-8(7-11)10(4)5;1-5(2,3)4/h8H,6-7H2,1-5H3;1-4H3. The molecule has 98 valence electrons. The normalized spacial score (nSPS) is 19.1. The monoisotopic (exact) mass is 228 g/mol. The zero-order chi connectivity index (χ0) is 13.1. The molecule has 1 heterocycles. The van der Waals surface area contributed by atoms with Crippen molar-refractivity contribution < 1.29 is 0 Å². The van der Waals surface area contributed by atoms with Crippen molar-refractivity contribution in [1.82, 2.24) is 9.80 Å². The highest BCUT2D eigenvalue weighted by Gasteiger charge is 2.34. The molecule has 0 aromatic rings. The Balaban J connectivity index is 0.000000385. The Kier molecular flexibility index (Phi) is 5.48. The highest BCUT2D eigenvalue weighted by atomic mass is 15.3. The number of likely N-dealkylation sites (tertiary alicyclic amines) is 1. The van der Waals surface area contributed by atoms with Crippen LogP contribution in [0.2, 0.25) is 0 Å². The van der Waals surface area contributed by atoms with E-state index in [4.69, 9.17) is 0 Å². The summed E-state index contributed by atoms with van der Waals surface area (Å²) in [6, 6.07) is 0.786. The van der Waals surface area contributed by atoms with Gasteiger partial charge in [0.2, 0.25) is 0 Å². The first-order valence-electron chi connectivity index (χ1n) is 6.33. The molecule has 0 unspecified atom stereocenters. The van der Waals surface area contributed by atoms with Gasteiger partial charge < -0.3 is 4.90 Å². The summed E-state index contributed by atoms with van der Waals surface area (Å²) in [5, 5.41) is 0. The van der Waals surface area contributed by atoms with Crippen LogP contribution in [0.25, 0.3) is 0 Å². The number of hydrogen-bond donors (Lipinski definition) is 0. The molecule has 0 N–H and O–H groups in total. The van der Waals surface area contributed by atoms with Gasteiger partial charge in [0, 0.05) is 24.7 Å². The summed E-state index contributed by atoms with van der Waals surface area (Å²) in [5.41, 5.74) is 0.868. The van der Waals surface area contributed by atoms with Crippen molar-refractivity contribution in [1.29, 1.82) is 0 Å². The van der Waals surface area contributed by atoms with Crippen LogP contribution >= 0.6 is 0 Å². The maximum absolute atomic E-state index is 2.51. The Morgan fingerprint density at radius 2 is 1.19 bits per heavy atom. The molecule has 0 spiro atoms. The zero-order valence-electron chi connectivity index (χ0n) is 12.9. The van der Waals surface area contributed by atoms with Gasteiger partial charge in [0.25, 0.3) is 0 Å². The van der Waals surface area contributed by atoms with E-state index in [9.17, 15) is 0 Å². The third kappa shape index (κ3) is 7.24. The summed E-state index contributed by atoms with van der Waals surface area (Å²) in [6.07, 6.45) is 0. The van der Waals surface area contributed by atoms with Gasteiger partial charge in [-0.05, 0) is 40.3 Å². The van der Waals surface area contributed by atoms with E-state index in [1.54, 1.807) is 0 Å². The van der Waals surface area contributed by atoms with Crippen LogP contribution in [-0.4, -0.2) is 48.6 Å². The molecule has 1 fully saturated rings. The average Bonchev–Trinajstić information content (AvgIpc) is 1.71. The van der Waals surface area contributed by atoms with Gasteiger partial charge in [-0.15, -0.1) is 0 Å². The second-order valence-corrected chi connectivity index (χ2v) is 7.69. The van der Waals surface area contributed by atoms with Crippen molar-refractivity contribution in [2.45, 2.75) is 60.0 Å². The van der Waals surface area contributed by atoms with Crippen molar-refractivity contribution in [2.75, 3.05) is 27.2 Å². The van der Waals surface area contributed by atoms with Gasteiger partial charge in [0.15, 0.2) is 0 Å². The van der Waals surface area contributed by atoms with Crippen molar-refractivity contribution >= 4 is 0 Å². The predicted molar refractivity (Wildman–Crippen MR) is 73.9 cm³/mol. The molecular weight excluding hydrogens is 196 g/mol. The summed E-state index contributed by atoms with van der Waals surface area (Å²) in [4.78, 5) is 4.82. The van der Waals surface area contributed by atoms with E-state index in [2.05, 4.69) is 72.4 Å². The van der Waals surface area contributed by atoms with E-state index >= 15 is 0 Å². The molecule has 1 saturated heterocycles. The lowest BCUT2D eigenvalue weighted by atomic mass is 9.97. The lowest BCUT2D eigenvalue weighted by molar-refractivity contribution is -0.00401. The summed E-state index contributed by atoms with van der Waals surface area (Å²) >= 11 is 0. The highest BCUT2D eigenvalue weighted by Crippen LogP contribution is 2.22. The molecule has 0 saturated carbocycles. The van der Waals surface area contributed by atoms with Crippen molar-refractivity contribution in [3.8, 4) is 0 Å². The molecule has 1 aliphatic rings. The molecule has 2 heteroatoms. The molecule has 0 aromatic carbocycles. The Bertz CT molecular complexity index is 184. The highest BCUT2D eigenvalue weighted by molar-refractivity contribution is 4.92. The lowest BCUT2D eigenvalue weighted by Crippen LogP contribution is -2.63. The first-order valence-corrected chi connectivity index (χ1v) is 6.33. The van der Waals surface area contributed by atoms with E-state index in [1.165, 1.54) is 13.1 Å². The summed E-state index contributed by atoms with van der Waals surface area (Å²) < 4.78 is 0. The van der Waals surface area contributed by atoms with Crippen LogP contribution in [0.1, 0.15) is 48.5 Å². The van der Waals surface area contributed by atoms with Gasteiger partial charge >= 0.3 is 0 Å². The summed E-state index contributed by atoms with van der Waals surface area (Å²) in [5.74, 6) is 0. The van der Waals surface area contributed by atoms with Crippen LogP contribution in [0.15, 0.2) is 0 Å². The van der Waals surface area contributed by atoms with Crippen molar-refractivity contribution in [3.05, 3.63) is 0 Å². The molecule has 0 aromatic heterocycles. The smallest absolute Gasteiger partial charge is 0.0344 e. The van der Waals surface area contributed by atoms with Crippen molar-refractivity contribution in [2.24, 2.45) is 5.41 Å². The molecule has 2 nitrogen and oxygen atoms in total. The zero-order valence-corrected chi connectivity index (χ0v) is 12.9. The van der Waals surface area contributed by atoms with E-state index in [1.807, 2.05) is 0 Å². The Hall–Kier alpha value is -0.0800. The molecule has 1 rings (SSSR count). The number of likely N-dealkylation sites (N-methyl/N-ethyl adjacent to an activating group) is 1. The molecular formula is C14H32N2. The van der Waals surface area contributed by atoms with Crippen LogP contribution in [-0.2, 0) is 0 Å². The van der Waals surface area contributed by atoms with Gasteiger partial charge in [-0.2, -0.15) is 0 Å². The maximum atomic E-state index is 2.51. The van der Waals surface area contributed by atoms with Crippen molar-refractivity contribution in [3.63, 3.8) is 0 Å². The maximum Gasteiger partial charge on any atom is 0.0344 e. The van der Waals surface area contributed by atoms with Gasteiger partial charge in [-0.3, -0.25) is 4.90 Å². The molecule has 0 atom stereocenters. The predicted octanol–water partition coefficient (Wildman–Crippen LogP) is 3.08. The number of hydrogen-bond acceptors (Lipinski definition) is 2. The van der Waals surface area contributed by atoms with Gasteiger partial charge in [-0.25, -0.2) is 0 Å². The summed E-state index contributed by atoms with van der Waals surface area (Å²) in [6.45, 7) is 18.0. The van der Waals surface area contributed by atoms with E-state index in [0.717, 1.165) is 6.04 Å². The Labute approximate surface area is 103 Å². The average molecular weight is 228 g/mol. The first-order chi connectivity index (χ1) is 6.91. The quantitative estimate of drug-likeness (QED) is 0.680. The molecule has 0 radical (unpaired) electrons. The molecule has 0 aliphatic carbocycles. The fourth-order valence-corrected chi connectivity index (χ4v) is 1.33. The van der Waals surface area contributed by atoms with E-state index in [-0.39, 0.29) is 0 Å². The second kappa shape index (κ2) is 5.50. The minimum atomic E-state index is 0.368. The fraction of sp³-hybridized carbons (Fsp3) is 1.00. The van der Waals surface area contributed by atoms with Crippen LogP contribution in [0.5, 0.6) is 0 Å². The van der Waals surface area contributed by atoms with E-state index in [0.29, 0.717) is 11.0 Å². The molecule has 16 heavy (non-hydrogen) atoms. The van der Waals surface area contributed by atoms with Crippen LogP contribution in [0, 0.1) is 5.41 Å². The minimum absolute atomic E-state index is 0.368. The summed E-state index contributed by atoms with van der Waals surface area (Å²) in [7, 11) is 4.31. The Morgan fingerprint density at radius 1 is 0.875 bits per heavy atom. The second-order valence-electron chi connectivity index (χ2n) is 7.69. The van der Waals surface area contributed by atoms with Gasteiger partial charge in [0.05, 0.1) is 0 Å². The lowest BCUT2D eigenvalue weighted by Gasteiger charge is -2.49. The number of nitrogens with zero attached hydrogens (tertiary/aromatic N) is 2. The SMILES string of the molecule is CC(C)(C)C.CN(C)C1CN(C(C)(C)C)C1. The topological polar surface area (TPSA) is 6.48 Å². The van der Waals surface area contributed by atoms with Gasteiger partial charge in [0.1, 0.15) is 0 Å². The Morgan fingerprint density at radius 3 is 1.38 bits per heavy atom. The largest absolute Gasteiger partial charge is 0.304 e. The van der Waals surface area contributed by atoms with Crippen LogP contribution in [0.3, 0.4) is 0 Å². The third-order valence-electron chi connectivity index (χ3n) is 2.54. The fourth-order valence-electron chi connectivity index (χ4n) is 1.33. The minimum Gasteiger partial charge on any atom is -0.304 e. The van der Waals surface area contributed by atoms with Gasteiger partial charge in [-0.1, -0.05) is 27.7 Å². The molecule has 0 amide bonds. The number of rotatable bonds is 1. The van der Waals surface area contributed by atoms with Crippen LogP contribution in [0.4, 0.5) is 0 Å². The van der Waals surface area contributed by atoms with Crippen LogP contribution < -0.4 is 0 Å². The first kappa shape index (κ1) is 15.9. The molecule has 1 aliphatic heterocycles. The molecule has 0 bridgehead atoms.